The highest BCUT2D eigenvalue weighted by Crippen LogP contribution is 2.19. The van der Waals surface area contributed by atoms with Crippen LogP contribution >= 0.6 is 11.6 Å². The van der Waals surface area contributed by atoms with Gasteiger partial charge in [-0.05, 0) is 43.7 Å². The standard InChI is InChI=1S/C21H22ClN3O/c1-15-20(16(2)25(23-15)19-7-5-4-6-8-19)14-24(3)21(26)13-17-9-11-18(22)12-10-17/h4-12H,13-14H2,1-3H3. The van der Waals surface area contributed by atoms with Gasteiger partial charge in [-0.1, -0.05) is 41.9 Å². The van der Waals surface area contributed by atoms with Gasteiger partial charge in [0.25, 0.3) is 0 Å². The van der Waals surface area contributed by atoms with E-state index in [0.29, 0.717) is 18.0 Å². The van der Waals surface area contributed by atoms with Crippen LogP contribution in [-0.4, -0.2) is 27.6 Å². The van der Waals surface area contributed by atoms with Gasteiger partial charge in [0.15, 0.2) is 0 Å². The second-order valence-electron chi connectivity index (χ2n) is 6.45. The van der Waals surface area contributed by atoms with Crippen LogP contribution in [0.4, 0.5) is 0 Å². The first-order valence-corrected chi connectivity index (χ1v) is 8.92. The third-order valence-electron chi connectivity index (χ3n) is 4.53. The second-order valence-corrected chi connectivity index (χ2v) is 6.89. The van der Waals surface area contributed by atoms with Crippen LogP contribution in [-0.2, 0) is 17.8 Å². The summed E-state index contributed by atoms with van der Waals surface area (Å²) >= 11 is 5.90. The van der Waals surface area contributed by atoms with Crippen LogP contribution in [0.1, 0.15) is 22.5 Å². The maximum absolute atomic E-state index is 12.6. The highest BCUT2D eigenvalue weighted by molar-refractivity contribution is 6.30. The number of hydrogen-bond donors (Lipinski definition) is 0. The fourth-order valence-corrected chi connectivity index (χ4v) is 3.09. The Morgan fingerprint density at radius 3 is 2.38 bits per heavy atom. The van der Waals surface area contributed by atoms with Crippen LogP contribution < -0.4 is 0 Å². The Bertz CT molecular complexity index is 901. The highest BCUT2D eigenvalue weighted by Gasteiger charge is 2.17. The van der Waals surface area contributed by atoms with Crippen molar-refractivity contribution >= 4 is 17.5 Å². The average molecular weight is 368 g/mol. The van der Waals surface area contributed by atoms with Crippen molar-refractivity contribution in [3.63, 3.8) is 0 Å². The van der Waals surface area contributed by atoms with E-state index in [2.05, 4.69) is 5.10 Å². The lowest BCUT2D eigenvalue weighted by Crippen LogP contribution is -2.28. The molecule has 0 N–H and O–H groups in total. The number of carbonyl (C=O) groups excluding carboxylic acids is 1. The molecule has 1 heterocycles. The smallest absolute Gasteiger partial charge is 0.227 e. The molecule has 1 amide bonds. The summed E-state index contributed by atoms with van der Waals surface area (Å²) in [6, 6.07) is 17.4. The number of benzene rings is 2. The summed E-state index contributed by atoms with van der Waals surface area (Å²) in [6.45, 7) is 4.57. The van der Waals surface area contributed by atoms with E-state index in [1.54, 1.807) is 4.90 Å². The normalized spacial score (nSPS) is 10.8. The van der Waals surface area contributed by atoms with Gasteiger partial charge in [-0.3, -0.25) is 4.79 Å². The Morgan fingerprint density at radius 1 is 1.08 bits per heavy atom. The van der Waals surface area contributed by atoms with Gasteiger partial charge in [-0.2, -0.15) is 5.10 Å². The molecule has 0 radical (unpaired) electrons. The number of halogens is 1. The van der Waals surface area contributed by atoms with E-state index in [0.717, 1.165) is 28.2 Å². The van der Waals surface area contributed by atoms with Gasteiger partial charge in [-0.15, -0.1) is 0 Å². The van der Waals surface area contributed by atoms with E-state index in [9.17, 15) is 4.79 Å². The largest absolute Gasteiger partial charge is 0.341 e. The third-order valence-corrected chi connectivity index (χ3v) is 4.78. The van der Waals surface area contributed by atoms with Crippen molar-refractivity contribution in [2.75, 3.05) is 7.05 Å². The van der Waals surface area contributed by atoms with E-state index >= 15 is 0 Å². The average Bonchev–Trinajstić information content (AvgIpc) is 2.92. The molecule has 0 aliphatic rings. The van der Waals surface area contributed by atoms with Gasteiger partial charge >= 0.3 is 0 Å². The molecule has 3 aromatic rings. The number of aryl methyl sites for hydroxylation is 1. The third kappa shape index (κ3) is 3.97. The topological polar surface area (TPSA) is 38.1 Å². The summed E-state index contributed by atoms with van der Waals surface area (Å²) in [7, 11) is 1.83. The minimum absolute atomic E-state index is 0.0681. The fraction of sp³-hybridized carbons (Fsp3) is 0.238. The van der Waals surface area contributed by atoms with Crippen LogP contribution in [0.25, 0.3) is 5.69 Å². The molecule has 0 saturated carbocycles. The van der Waals surface area contributed by atoms with Gasteiger partial charge in [0.05, 0.1) is 17.8 Å². The van der Waals surface area contributed by atoms with Crippen LogP contribution in [0, 0.1) is 13.8 Å². The number of rotatable bonds is 5. The molecule has 5 heteroatoms. The quantitative estimate of drug-likeness (QED) is 0.672. The summed E-state index contributed by atoms with van der Waals surface area (Å²) in [4.78, 5) is 14.3. The van der Waals surface area contributed by atoms with Crippen molar-refractivity contribution in [2.24, 2.45) is 0 Å². The lowest BCUT2D eigenvalue weighted by Gasteiger charge is -2.18. The van der Waals surface area contributed by atoms with Crippen molar-refractivity contribution in [3.8, 4) is 5.69 Å². The summed E-state index contributed by atoms with van der Waals surface area (Å²) in [5, 5.41) is 5.33. The number of hydrogen-bond acceptors (Lipinski definition) is 2. The van der Waals surface area contributed by atoms with E-state index in [1.165, 1.54) is 0 Å². The highest BCUT2D eigenvalue weighted by atomic mass is 35.5. The molecule has 3 rings (SSSR count). The number of amides is 1. The molecule has 0 atom stereocenters. The second kappa shape index (κ2) is 7.75. The van der Waals surface area contributed by atoms with Gasteiger partial charge in [0.2, 0.25) is 5.91 Å². The molecule has 0 spiro atoms. The summed E-state index contributed by atoms with van der Waals surface area (Å²) in [5.41, 5.74) is 5.06. The molecule has 0 bridgehead atoms. The van der Waals surface area contributed by atoms with Crippen molar-refractivity contribution in [1.29, 1.82) is 0 Å². The molecule has 4 nitrogen and oxygen atoms in total. The molecule has 0 aliphatic heterocycles. The van der Waals surface area contributed by atoms with Crippen molar-refractivity contribution in [1.82, 2.24) is 14.7 Å². The molecular weight excluding hydrogens is 346 g/mol. The van der Waals surface area contributed by atoms with E-state index < -0.39 is 0 Å². The fourth-order valence-electron chi connectivity index (χ4n) is 2.96. The molecule has 1 aromatic heterocycles. The van der Waals surface area contributed by atoms with Crippen LogP contribution in [0.5, 0.6) is 0 Å². The Morgan fingerprint density at radius 2 is 1.73 bits per heavy atom. The summed E-state index contributed by atoms with van der Waals surface area (Å²) in [5.74, 6) is 0.0681. The lowest BCUT2D eigenvalue weighted by atomic mass is 10.1. The first-order chi connectivity index (χ1) is 12.5. The van der Waals surface area contributed by atoms with Crippen molar-refractivity contribution in [3.05, 3.63) is 82.1 Å². The Hall–Kier alpha value is -2.59. The van der Waals surface area contributed by atoms with Gasteiger partial charge in [-0.25, -0.2) is 4.68 Å². The van der Waals surface area contributed by atoms with Gasteiger partial charge in [0.1, 0.15) is 0 Å². The number of nitrogens with zero attached hydrogens (tertiary/aromatic N) is 3. The maximum atomic E-state index is 12.6. The van der Waals surface area contributed by atoms with Crippen LogP contribution in [0.15, 0.2) is 54.6 Å². The molecule has 134 valence electrons. The minimum atomic E-state index is 0.0681. The van der Waals surface area contributed by atoms with Crippen molar-refractivity contribution in [2.45, 2.75) is 26.8 Å². The molecule has 2 aromatic carbocycles. The first kappa shape index (κ1) is 18.2. The lowest BCUT2D eigenvalue weighted by molar-refractivity contribution is -0.129. The number of aromatic nitrogens is 2. The minimum Gasteiger partial charge on any atom is -0.341 e. The Labute approximate surface area is 159 Å². The number of para-hydroxylation sites is 1. The Balaban J connectivity index is 1.75. The molecule has 26 heavy (non-hydrogen) atoms. The monoisotopic (exact) mass is 367 g/mol. The van der Waals surface area contributed by atoms with Crippen LogP contribution in [0.2, 0.25) is 5.02 Å². The number of likely N-dealkylation sites (N-methyl/N-ethyl adjacent to an activating group) is 1. The van der Waals surface area contributed by atoms with Gasteiger partial charge in [0, 0.05) is 29.9 Å². The summed E-state index contributed by atoms with van der Waals surface area (Å²) < 4.78 is 1.93. The molecule has 0 saturated heterocycles. The number of carbonyl (C=O) groups is 1. The van der Waals surface area contributed by atoms with E-state index in [4.69, 9.17) is 11.6 Å². The predicted octanol–water partition coefficient (Wildman–Crippen LogP) is 4.34. The van der Waals surface area contributed by atoms with E-state index in [1.807, 2.05) is 80.2 Å². The zero-order chi connectivity index (χ0) is 18.7. The maximum Gasteiger partial charge on any atom is 0.227 e. The van der Waals surface area contributed by atoms with E-state index in [-0.39, 0.29) is 5.91 Å². The molecular formula is C21H22ClN3O. The zero-order valence-corrected chi connectivity index (χ0v) is 16.0. The summed E-state index contributed by atoms with van der Waals surface area (Å²) in [6.07, 6.45) is 0.360. The Kier molecular flexibility index (Phi) is 5.43. The molecule has 0 unspecified atom stereocenters. The molecule has 0 aliphatic carbocycles. The van der Waals surface area contributed by atoms with Crippen molar-refractivity contribution < 1.29 is 4.79 Å². The van der Waals surface area contributed by atoms with Gasteiger partial charge < -0.3 is 4.90 Å². The first-order valence-electron chi connectivity index (χ1n) is 8.54. The predicted molar refractivity (Wildman–Crippen MR) is 105 cm³/mol. The van der Waals surface area contributed by atoms with Crippen LogP contribution in [0.3, 0.4) is 0 Å². The zero-order valence-electron chi connectivity index (χ0n) is 15.2. The molecule has 0 fully saturated rings. The SMILES string of the molecule is Cc1nn(-c2ccccc2)c(C)c1CN(C)C(=O)Cc1ccc(Cl)cc1.